The van der Waals surface area contributed by atoms with E-state index in [9.17, 15) is 8.42 Å². The number of methoxy groups -OCH3 is 1. The van der Waals surface area contributed by atoms with Crippen LogP contribution in [0.1, 0.15) is 12.6 Å². The van der Waals surface area contributed by atoms with E-state index < -0.39 is 10.0 Å². The van der Waals surface area contributed by atoms with Crippen LogP contribution in [-0.2, 0) is 16.4 Å². The number of hydrogen-bond acceptors (Lipinski definition) is 4. The van der Waals surface area contributed by atoms with Gasteiger partial charge in [0, 0.05) is 4.47 Å². The van der Waals surface area contributed by atoms with Gasteiger partial charge in [0.15, 0.2) is 5.75 Å². The molecule has 25 heavy (non-hydrogen) atoms. The Balaban J connectivity index is 2.23. The molecule has 0 spiro atoms. The molecule has 130 valence electrons. The molecule has 0 amide bonds. The first kappa shape index (κ1) is 17.7. The van der Waals surface area contributed by atoms with E-state index in [1.807, 2.05) is 25.1 Å². The minimum absolute atomic E-state index is 0.186. The van der Waals surface area contributed by atoms with Crippen LogP contribution in [0.25, 0.3) is 10.9 Å². The topological polar surface area (TPSA) is 68.3 Å². The zero-order valence-electron chi connectivity index (χ0n) is 13.8. The lowest BCUT2D eigenvalue weighted by atomic mass is 10.1. The normalized spacial score (nSPS) is 11.5. The monoisotopic (exact) mass is 420 g/mol. The van der Waals surface area contributed by atoms with Crippen molar-refractivity contribution in [2.75, 3.05) is 11.8 Å². The highest BCUT2D eigenvalue weighted by molar-refractivity contribution is 9.10. The lowest BCUT2D eigenvalue weighted by Gasteiger charge is -2.17. The lowest BCUT2D eigenvalue weighted by Crippen LogP contribution is -2.16. The molecule has 0 saturated heterocycles. The molecule has 0 bridgehead atoms. The molecule has 0 radical (unpaired) electrons. The Labute approximate surface area is 155 Å². The van der Waals surface area contributed by atoms with Gasteiger partial charge in [-0.2, -0.15) is 0 Å². The maximum absolute atomic E-state index is 12.8. The van der Waals surface area contributed by atoms with Crippen LogP contribution in [0.5, 0.6) is 5.75 Å². The number of benzene rings is 2. The predicted octanol–water partition coefficient (Wildman–Crippen LogP) is 4.37. The second kappa shape index (κ2) is 7.01. The third-order valence-electron chi connectivity index (χ3n) is 3.82. The Morgan fingerprint density at radius 2 is 1.84 bits per heavy atom. The first-order valence-electron chi connectivity index (χ1n) is 7.71. The summed E-state index contributed by atoms with van der Waals surface area (Å²) in [6.07, 6.45) is 0.561. The highest BCUT2D eigenvalue weighted by Gasteiger charge is 2.22. The van der Waals surface area contributed by atoms with Crippen molar-refractivity contribution in [3.8, 4) is 5.75 Å². The molecule has 0 fully saturated rings. The van der Waals surface area contributed by atoms with Crippen molar-refractivity contribution in [3.63, 3.8) is 0 Å². The van der Waals surface area contributed by atoms with E-state index in [-0.39, 0.29) is 4.90 Å². The van der Waals surface area contributed by atoms with Gasteiger partial charge in [-0.1, -0.05) is 31.2 Å². The van der Waals surface area contributed by atoms with Crippen LogP contribution in [0.3, 0.4) is 0 Å². The van der Waals surface area contributed by atoms with E-state index in [1.54, 1.807) is 30.3 Å². The molecule has 0 unspecified atom stereocenters. The van der Waals surface area contributed by atoms with Crippen molar-refractivity contribution < 1.29 is 13.2 Å². The summed E-state index contributed by atoms with van der Waals surface area (Å²) in [4.78, 5) is 4.79. The Hall–Kier alpha value is -2.12. The number of halogens is 1. The van der Waals surface area contributed by atoms with Gasteiger partial charge in [0.25, 0.3) is 10.0 Å². The van der Waals surface area contributed by atoms with Gasteiger partial charge in [-0.3, -0.25) is 9.71 Å². The van der Waals surface area contributed by atoms with Gasteiger partial charge >= 0.3 is 0 Å². The minimum Gasteiger partial charge on any atom is -0.494 e. The number of pyridine rings is 1. The summed E-state index contributed by atoms with van der Waals surface area (Å²) in [5.41, 5.74) is 1.74. The maximum atomic E-state index is 12.8. The van der Waals surface area contributed by atoms with E-state index >= 15 is 0 Å². The molecular formula is C18H17BrN2O3S. The van der Waals surface area contributed by atoms with E-state index in [2.05, 4.69) is 25.6 Å². The second-order valence-corrected chi connectivity index (χ2v) is 7.91. The molecule has 1 N–H and O–H groups in total. The maximum Gasteiger partial charge on any atom is 0.262 e. The predicted molar refractivity (Wildman–Crippen MR) is 103 cm³/mol. The number of aryl methyl sites for hydroxylation is 1. The average molecular weight is 421 g/mol. The molecule has 0 aliphatic carbocycles. The first-order chi connectivity index (χ1) is 12.0. The minimum atomic E-state index is -3.75. The highest BCUT2D eigenvalue weighted by atomic mass is 79.9. The smallest absolute Gasteiger partial charge is 0.262 e. The van der Waals surface area contributed by atoms with E-state index in [0.717, 1.165) is 15.4 Å². The van der Waals surface area contributed by atoms with Crippen LogP contribution in [0, 0.1) is 0 Å². The Bertz CT molecular complexity index is 1020. The molecule has 0 aliphatic rings. The lowest BCUT2D eigenvalue weighted by molar-refractivity contribution is 0.421. The summed E-state index contributed by atoms with van der Waals surface area (Å²) in [6.45, 7) is 1.92. The Morgan fingerprint density at radius 1 is 1.12 bits per heavy atom. The largest absolute Gasteiger partial charge is 0.494 e. The number of anilines is 1. The number of nitrogens with zero attached hydrogens (tertiary/aromatic N) is 1. The number of ether oxygens (including phenoxy) is 1. The van der Waals surface area contributed by atoms with Gasteiger partial charge in [-0.05, 0) is 46.6 Å². The van der Waals surface area contributed by atoms with Crippen LogP contribution in [-0.4, -0.2) is 20.5 Å². The van der Waals surface area contributed by atoms with Crippen molar-refractivity contribution in [1.82, 2.24) is 4.98 Å². The summed E-state index contributed by atoms with van der Waals surface area (Å²) < 4.78 is 34.5. The van der Waals surface area contributed by atoms with Crippen molar-refractivity contribution in [1.29, 1.82) is 0 Å². The number of rotatable bonds is 5. The molecule has 0 saturated carbocycles. The van der Waals surface area contributed by atoms with Crippen LogP contribution in [0.4, 0.5) is 5.69 Å². The Kier molecular flexibility index (Phi) is 4.96. The molecular weight excluding hydrogens is 404 g/mol. The number of aromatic nitrogens is 1. The molecule has 3 rings (SSSR count). The molecule has 5 nitrogen and oxygen atoms in total. The van der Waals surface area contributed by atoms with Gasteiger partial charge < -0.3 is 4.74 Å². The van der Waals surface area contributed by atoms with E-state index in [4.69, 9.17) is 4.74 Å². The van der Waals surface area contributed by atoms with Crippen molar-refractivity contribution in [2.45, 2.75) is 18.2 Å². The SMILES string of the molecule is CCc1nc2cccc(Br)c2c(OC)c1NS(=O)(=O)c1ccccc1. The summed E-state index contributed by atoms with van der Waals surface area (Å²) in [7, 11) is -2.22. The summed E-state index contributed by atoms with van der Waals surface area (Å²) in [6, 6.07) is 13.8. The van der Waals surface area contributed by atoms with Crippen LogP contribution in [0.15, 0.2) is 57.9 Å². The van der Waals surface area contributed by atoms with Crippen LogP contribution < -0.4 is 9.46 Å². The molecule has 1 heterocycles. The molecule has 1 aromatic heterocycles. The number of hydrogen-bond donors (Lipinski definition) is 1. The summed E-state index contributed by atoms with van der Waals surface area (Å²) >= 11 is 3.50. The molecule has 7 heteroatoms. The van der Waals surface area contributed by atoms with Gasteiger partial charge in [-0.15, -0.1) is 0 Å². The van der Waals surface area contributed by atoms with Gasteiger partial charge in [0.05, 0.1) is 28.6 Å². The van der Waals surface area contributed by atoms with Crippen LogP contribution >= 0.6 is 15.9 Å². The standard InChI is InChI=1S/C18H17BrN2O3S/c1-3-14-17(21-25(22,23)12-8-5-4-6-9-12)18(24-2)16-13(19)10-7-11-15(16)20-14/h4-11,21H,3H2,1-2H3. The third-order valence-corrected chi connectivity index (χ3v) is 5.85. The number of nitrogens with one attached hydrogen (secondary N) is 1. The fourth-order valence-corrected chi connectivity index (χ4v) is 4.29. The third kappa shape index (κ3) is 3.34. The van der Waals surface area contributed by atoms with Crippen molar-refractivity contribution >= 4 is 42.5 Å². The summed E-state index contributed by atoms with van der Waals surface area (Å²) in [5.74, 6) is 0.453. The zero-order chi connectivity index (χ0) is 18.0. The van der Waals surface area contributed by atoms with Crippen molar-refractivity contribution in [2.24, 2.45) is 0 Å². The van der Waals surface area contributed by atoms with Crippen molar-refractivity contribution in [3.05, 3.63) is 58.7 Å². The highest BCUT2D eigenvalue weighted by Crippen LogP contribution is 2.40. The first-order valence-corrected chi connectivity index (χ1v) is 9.98. The van der Waals surface area contributed by atoms with Gasteiger partial charge in [0.2, 0.25) is 0 Å². The zero-order valence-corrected chi connectivity index (χ0v) is 16.2. The molecule has 2 aromatic carbocycles. The summed E-state index contributed by atoms with van der Waals surface area (Å²) in [5, 5.41) is 0.730. The second-order valence-electron chi connectivity index (χ2n) is 5.37. The Morgan fingerprint density at radius 3 is 2.48 bits per heavy atom. The molecule has 0 aliphatic heterocycles. The number of sulfonamides is 1. The van der Waals surface area contributed by atoms with Crippen LogP contribution in [0.2, 0.25) is 0 Å². The molecule has 0 atom stereocenters. The van der Waals surface area contributed by atoms with E-state index in [1.165, 1.54) is 7.11 Å². The fourth-order valence-electron chi connectivity index (χ4n) is 2.65. The quantitative estimate of drug-likeness (QED) is 0.665. The number of fused-ring (bicyclic) bond motifs is 1. The average Bonchev–Trinajstić information content (AvgIpc) is 2.62. The van der Waals surface area contributed by atoms with Gasteiger partial charge in [-0.25, -0.2) is 8.42 Å². The molecule has 3 aromatic rings. The fraction of sp³-hybridized carbons (Fsp3) is 0.167. The van der Waals surface area contributed by atoms with Gasteiger partial charge in [0.1, 0.15) is 5.69 Å². The van der Waals surface area contributed by atoms with E-state index in [0.29, 0.717) is 23.6 Å².